The second-order valence-electron chi connectivity index (χ2n) is 7.29. The molecule has 7 heteroatoms. The zero-order chi connectivity index (χ0) is 18.9. The second kappa shape index (κ2) is 7.29. The van der Waals surface area contributed by atoms with Gasteiger partial charge in [0.25, 0.3) is 0 Å². The molecule has 0 heterocycles. The highest BCUT2D eigenvalue weighted by atomic mass is 19.4. The van der Waals surface area contributed by atoms with Crippen LogP contribution in [0.15, 0.2) is 24.3 Å². The molecule has 2 unspecified atom stereocenters. The SMILES string of the molecule is O=C(O)C1CCCC(C(=O)N(Cc2ccc(C(F)(F)F)cc2)C2CC2)C1. The molecule has 1 N–H and O–H groups in total. The average molecular weight is 369 g/mol. The summed E-state index contributed by atoms with van der Waals surface area (Å²) in [6.07, 6.45) is -0.252. The largest absolute Gasteiger partial charge is 0.481 e. The van der Waals surface area contributed by atoms with Gasteiger partial charge in [0.2, 0.25) is 5.91 Å². The first kappa shape index (κ1) is 18.7. The standard InChI is InChI=1S/C19H22F3NO3/c20-19(21,22)15-6-4-12(5-7-15)11-23(16-8-9-16)17(24)13-2-1-3-14(10-13)18(25)26/h4-7,13-14,16H,1-3,8-11H2,(H,25,26). The minimum atomic E-state index is -4.38. The number of benzene rings is 1. The van der Waals surface area contributed by atoms with Gasteiger partial charge in [0.1, 0.15) is 0 Å². The maximum atomic E-state index is 12.9. The molecule has 26 heavy (non-hydrogen) atoms. The van der Waals surface area contributed by atoms with Gasteiger partial charge >= 0.3 is 12.1 Å². The summed E-state index contributed by atoms with van der Waals surface area (Å²) in [6, 6.07) is 5.01. The number of carbonyl (C=O) groups excluding carboxylic acids is 1. The lowest BCUT2D eigenvalue weighted by molar-refractivity contribution is -0.146. The van der Waals surface area contributed by atoms with Gasteiger partial charge in [0.15, 0.2) is 0 Å². The van der Waals surface area contributed by atoms with Crippen molar-refractivity contribution in [3.8, 4) is 0 Å². The Labute approximate surface area is 150 Å². The van der Waals surface area contributed by atoms with E-state index >= 15 is 0 Å². The van der Waals surface area contributed by atoms with Crippen LogP contribution in [0.2, 0.25) is 0 Å². The van der Waals surface area contributed by atoms with Crippen LogP contribution in [0.5, 0.6) is 0 Å². The predicted octanol–water partition coefficient (Wildman–Crippen LogP) is 4.09. The fourth-order valence-corrected chi connectivity index (χ4v) is 3.64. The van der Waals surface area contributed by atoms with E-state index in [4.69, 9.17) is 0 Å². The van der Waals surface area contributed by atoms with Gasteiger partial charge in [-0.2, -0.15) is 13.2 Å². The highest BCUT2D eigenvalue weighted by Crippen LogP contribution is 2.36. The molecule has 0 aliphatic heterocycles. The zero-order valence-corrected chi connectivity index (χ0v) is 14.3. The van der Waals surface area contributed by atoms with Gasteiger partial charge in [-0.1, -0.05) is 18.6 Å². The molecule has 2 atom stereocenters. The number of aliphatic carboxylic acids is 1. The summed E-state index contributed by atoms with van der Waals surface area (Å²) >= 11 is 0. The molecule has 1 amide bonds. The summed E-state index contributed by atoms with van der Waals surface area (Å²) in [5, 5.41) is 9.21. The van der Waals surface area contributed by atoms with E-state index < -0.39 is 23.6 Å². The number of carboxylic acid groups (broad SMARTS) is 1. The van der Waals surface area contributed by atoms with Crippen molar-refractivity contribution in [3.05, 3.63) is 35.4 Å². The predicted molar refractivity (Wildman–Crippen MR) is 88.1 cm³/mol. The number of halogens is 3. The minimum Gasteiger partial charge on any atom is -0.481 e. The monoisotopic (exact) mass is 369 g/mol. The van der Waals surface area contributed by atoms with Crippen molar-refractivity contribution < 1.29 is 27.9 Å². The fraction of sp³-hybridized carbons (Fsp3) is 0.579. The average Bonchev–Trinajstić information content (AvgIpc) is 3.44. The molecule has 2 aliphatic rings. The van der Waals surface area contributed by atoms with Crippen LogP contribution in [0.25, 0.3) is 0 Å². The summed E-state index contributed by atoms with van der Waals surface area (Å²) in [6.45, 7) is 0.274. The van der Waals surface area contributed by atoms with Crippen molar-refractivity contribution in [2.45, 2.75) is 57.3 Å². The number of rotatable bonds is 5. The molecule has 0 saturated heterocycles. The third-order valence-corrected chi connectivity index (χ3v) is 5.28. The molecule has 1 aromatic carbocycles. The number of hydrogen-bond acceptors (Lipinski definition) is 2. The molecule has 1 aromatic rings. The summed E-state index contributed by atoms with van der Waals surface area (Å²) in [4.78, 5) is 25.9. The van der Waals surface area contributed by atoms with Crippen LogP contribution >= 0.6 is 0 Å². The lowest BCUT2D eigenvalue weighted by Crippen LogP contribution is -2.40. The Morgan fingerprint density at radius 3 is 2.19 bits per heavy atom. The number of carbonyl (C=O) groups is 2. The Morgan fingerprint density at radius 2 is 1.65 bits per heavy atom. The summed E-state index contributed by atoms with van der Waals surface area (Å²) in [5.41, 5.74) is -0.0500. The molecule has 2 saturated carbocycles. The molecule has 0 aromatic heterocycles. The molecule has 4 nitrogen and oxygen atoms in total. The van der Waals surface area contributed by atoms with Crippen LogP contribution in [0.1, 0.15) is 49.7 Å². The Morgan fingerprint density at radius 1 is 1.04 bits per heavy atom. The van der Waals surface area contributed by atoms with E-state index in [1.807, 2.05) is 0 Å². The number of nitrogens with zero attached hydrogens (tertiary/aromatic N) is 1. The van der Waals surface area contributed by atoms with Gasteiger partial charge in [-0.15, -0.1) is 0 Å². The van der Waals surface area contributed by atoms with E-state index in [1.165, 1.54) is 12.1 Å². The van der Waals surface area contributed by atoms with Crippen LogP contribution in [-0.4, -0.2) is 27.9 Å². The second-order valence-corrected chi connectivity index (χ2v) is 7.29. The first-order valence-corrected chi connectivity index (χ1v) is 8.95. The van der Waals surface area contributed by atoms with Crippen LogP contribution < -0.4 is 0 Å². The number of carboxylic acids is 1. The first-order chi connectivity index (χ1) is 12.3. The third-order valence-electron chi connectivity index (χ3n) is 5.28. The Kier molecular flexibility index (Phi) is 5.25. The lowest BCUT2D eigenvalue weighted by atomic mass is 9.80. The lowest BCUT2D eigenvalue weighted by Gasteiger charge is -2.31. The number of hydrogen-bond donors (Lipinski definition) is 1. The van der Waals surface area contributed by atoms with E-state index in [0.717, 1.165) is 25.0 Å². The molecule has 3 rings (SSSR count). The molecule has 0 bridgehead atoms. The van der Waals surface area contributed by atoms with E-state index in [9.17, 15) is 27.9 Å². The highest BCUT2D eigenvalue weighted by Gasteiger charge is 2.39. The summed E-state index contributed by atoms with van der Waals surface area (Å²) in [7, 11) is 0. The maximum Gasteiger partial charge on any atom is 0.416 e. The molecule has 0 radical (unpaired) electrons. The van der Waals surface area contributed by atoms with Crippen molar-refractivity contribution in [1.82, 2.24) is 4.90 Å². The van der Waals surface area contributed by atoms with E-state index in [1.54, 1.807) is 4.90 Å². The molecular weight excluding hydrogens is 347 g/mol. The van der Waals surface area contributed by atoms with Crippen LogP contribution in [0.4, 0.5) is 13.2 Å². The van der Waals surface area contributed by atoms with Gasteiger partial charge in [0, 0.05) is 18.5 Å². The quantitative estimate of drug-likeness (QED) is 0.851. The van der Waals surface area contributed by atoms with Gasteiger partial charge in [-0.05, 0) is 49.8 Å². The maximum absolute atomic E-state index is 12.9. The molecule has 2 aliphatic carbocycles. The normalized spacial score (nSPS) is 23.5. The fourth-order valence-electron chi connectivity index (χ4n) is 3.64. The Balaban J connectivity index is 1.69. The Hall–Kier alpha value is -2.05. The van der Waals surface area contributed by atoms with Crippen molar-refractivity contribution in [3.63, 3.8) is 0 Å². The van der Waals surface area contributed by atoms with Crippen molar-refractivity contribution in [1.29, 1.82) is 0 Å². The van der Waals surface area contributed by atoms with E-state index in [0.29, 0.717) is 31.2 Å². The van der Waals surface area contributed by atoms with Crippen molar-refractivity contribution >= 4 is 11.9 Å². The zero-order valence-electron chi connectivity index (χ0n) is 14.3. The third kappa shape index (κ3) is 4.37. The van der Waals surface area contributed by atoms with Gasteiger partial charge in [-0.25, -0.2) is 0 Å². The number of amides is 1. The molecule has 142 valence electrons. The molecular formula is C19H22F3NO3. The van der Waals surface area contributed by atoms with Crippen molar-refractivity contribution in [2.75, 3.05) is 0 Å². The van der Waals surface area contributed by atoms with Gasteiger partial charge in [0.05, 0.1) is 11.5 Å². The van der Waals surface area contributed by atoms with Crippen LogP contribution in [-0.2, 0) is 22.3 Å². The molecule has 0 spiro atoms. The first-order valence-electron chi connectivity index (χ1n) is 8.95. The van der Waals surface area contributed by atoms with Crippen LogP contribution in [0.3, 0.4) is 0 Å². The van der Waals surface area contributed by atoms with Crippen LogP contribution in [0, 0.1) is 11.8 Å². The highest BCUT2D eigenvalue weighted by molar-refractivity contribution is 5.81. The van der Waals surface area contributed by atoms with E-state index in [2.05, 4.69) is 0 Å². The summed E-state index contributed by atoms with van der Waals surface area (Å²) in [5.74, 6) is -1.70. The van der Waals surface area contributed by atoms with Gasteiger partial charge in [-0.3, -0.25) is 9.59 Å². The van der Waals surface area contributed by atoms with Crippen molar-refractivity contribution in [2.24, 2.45) is 11.8 Å². The van der Waals surface area contributed by atoms with Gasteiger partial charge < -0.3 is 10.0 Å². The minimum absolute atomic E-state index is 0.0571. The topological polar surface area (TPSA) is 57.6 Å². The Bertz CT molecular complexity index is 668. The smallest absolute Gasteiger partial charge is 0.416 e. The molecule has 2 fully saturated rings. The summed E-state index contributed by atoms with van der Waals surface area (Å²) < 4.78 is 38.0. The number of alkyl halides is 3. The van der Waals surface area contributed by atoms with E-state index in [-0.39, 0.29) is 24.4 Å².